The fourth-order valence-electron chi connectivity index (χ4n) is 3.64. The average molecular weight is 423 g/mol. The summed E-state index contributed by atoms with van der Waals surface area (Å²) in [5, 5.41) is 8.66. The van der Waals surface area contributed by atoms with E-state index in [2.05, 4.69) is 15.1 Å². The molecule has 3 heterocycles. The Morgan fingerprint density at radius 2 is 1.42 bits per heavy atom. The molecule has 0 atom stereocenters. The molecular weight excluding hydrogens is 398 g/mol. The lowest BCUT2D eigenvalue weighted by atomic mass is 10.1. The van der Waals surface area contributed by atoms with Crippen molar-refractivity contribution in [2.45, 2.75) is 0 Å². The molecule has 1 aliphatic heterocycles. The van der Waals surface area contributed by atoms with Crippen LogP contribution in [0.2, 0.25) is 0 Å². The monoisotopic (exact) mass is 423 g/mol. The number of rotatable bonds is 6. The lowest BCUT2D eigenvalue weighted by Crippen LogP contribution is -2.49. The summed E-state index contributed by atoms with van der Waals surface area (Å²) in [4.78, 5) is 17.0. The Morgan fingerprint density at radius 1 is 0.839 bits per heavy atom. The lowest BCUT2D eigenvalue weighted by Gasteiger charge is -2.35. The Bertz CT molecular complexity index is 1000. The van der Waals surface area contributed by atoms with Crippen LogP contribution in [0.3, 0.4) is 0 Å². The molecule has 1 aliphatic rings. The second kappa shape index (κ2) is 8.95. The van der Waals surface area contributed by atoms with Crippen molar-refractivity contribution < 1.29 is 19.0 Å². The second-order valence-electron chi connectivity index (χ2n) is 7.03. The van der Waals surface area contributed by atoms with Crippen LogP contribution in [0.4, 0.5) is 5.82 Å². The molecule has 1 saturated heterocycles. The van der Waals surface area contributed by atoms with Crippen LogP contribution in [-0.2, 0) is 0 Å². The van der Waals surface area contributed by atoms with Crippen molar-refractivity contribution in [2.75, 3.05) is 52.4 Å². The highest BCUT2D eigenvalue weighted by molar-refractivity contribution is 5.95. The standard InChI is InChI=1S/C22H25N5O4/c1-29-17-14-16(15-18(30-2)21(17)31-3)22(28)27-12-10-26(11-13-27)20-7-6-19(23-24-20)25-8-4-5-9-25/h4-9,14-15H,10-13H2,1-3H3. The van der Waals surface area contributed by atoms with Crippen molar-refractivity contribution in [1.82, 2.24) is 19.7 Å². The van der Waals surface area contributed by atoms with Gasteiger partial charge in [0.25, 0.3) is 5.91 Å². The van der Waals surface area contributed by atoms with Gasteiger partial charge in [0.1, 0.15) is 0 Å². The van der Waals surface area contributed by atoms with Crippen LogP contribution in [0.25, 0.3) is 5.82 Å². The molecule has 0 N–H and O–H groups in total. The van der Waals surface area contributed by atoms with Gasteiger partial charge in [-0.15, -0.1) is 10.2 Å². The van der Waals surface area contributed by atoms with E-state index in [1.54, 1.807) is 12.1 Å². The molecule has 0 saturated carbocycles. The number of carbonyl (C=O) groups is 1. The number of methoxy groups -OCH3 is 3. The Morgan fingerprint density at radius 3 is 1.94 bits per heavy atom. The van der Waals surface area contributed by atoms with Gasteiger partial charge in [-0.1, -0.05) is 0 Å². The molecule has 0 aliphatic carbocycles. The maximum Gasteiger partial charge on any atom is 0.254 e. The van der Waals surface area contributed by atoms with Crippen LogP contribution in [0.1, 0.15) is 10.4 Å². The number of anilines is 1. The second-order valence-corrected chi connectivity index (χ2v) is 7.03. The predicted octanol–water partition coefficient (Wildman–Crippen LogP) is 2.26. The largest absolute Gasteiger partial charge is 0.493 e. The fourth-order valence-corrected chi connectivity index (χ4v) is 3.64. The third kappa shape index (κ3) is 4.11. The van der Waals surface area contributed by atoms with Gasteiger partial charge in [0, 0.05) is 44.1 Å². The van der Waals surface area contributed by atoms with Gasteiger partial charge in [-0.05, 0) is 36.4 Å². The van der Waals surface area contributed by atoms with Crippen LogP contribution >= 0.6 is 0 Å². The van der Waals surface area contributed by atoms with E-state index in [0.717, 1.165) is 11.6 Å². The van der Waals surface area contributed by atoms with E-state index in [-0.39, 0.29) is 5.91 Å². The van der Waals surface area contributed by atoms with Gasteiger partial charge < -0.3 is 28.6 Å². The highest BCUT2D eigenvalue weighted by Gasteiger charge is 2.25. The molecule has 9 nitrogen and oxygen atoms in total. The Kier molecular flexibility index (Phi) is 5.92. The number of ether oxygens (including phenoxy) is 3. The molecule has 31 heavy (non-hydrogen) atoms. The number of carbonyl (C=O) groups excluding carboxylic acids is 1. The SMILES string of the molecule is COc1cc(C(=O)N2CCN(c3ccc(-n4cccc4)nn3)CC2)cc(OC)c1OC. The number of nitrogens with zero attached hydrogens (tertiary/aromatic N) is 5. The molecule has 1 amide bonds. The van der Waals surface area contributed by atoms with Gasteiger partial charge in [0.2, 0.25) is 5.75 Å². The normalized spacial score (nSPS) is 13.8. The molecule has 0 spiro atoms. The molecule has 1 aromatic carbocycles. The van der Waals surface area contributed by atoms with Crippen molar-refractivity contribution in [2.24, 2.45) is 0 Å². The van der Waals surface area contributed by atoms with E-state index in [4.69, 9.17) is 14.2 Å². The summed E-state index contributed by atoms with van der Waals surface area (Å²) in [6, 6.07) is 11.2. The first kappa shape index (κ1) is 20.5. The summed E-state index contributed by atoms with van der Waals surface area (Å²) >= 11 is 0. The summed E-state index contributed by atoms with van der Waals surface area (Å²) in [5.41, 5.74) is 0.499. The third-order valence-corrected chi connectivity index (χ3v) is 5.31. The summed E-state index contributed by atoms with van der Waals surface area (Å²) in [7, 11) is 4.61. The van der Waals surface area contributed by atoms with Gasteiger partial charge in [-0.2, -0.15) is 0 Å². The smallest absolute Gasteiger partial charge is 0.254 e. The Labute approximate surface area is 180 Å². The van der Waals surface area contributed by atoms with Gasteiger partial charge in [0.15, 0.2) is 23.1 Å². The molecule has 0 bridgehead atoms. The third-order valence-electron chi connectivity index (χ3n) is 5.31. The molecule has 3 aromatic rings. The Hall–Kier alpha value is -3.75. The zero-order chi connectivity index (χ0) is 21.8. The number of hydrogen-bond donors (Lipinski definition) is 0. The van der Waals surface area contributed by atoms with Crippen LogP contribution in [-0.4, -0.2) is 73.1 Å². The quantitative estimate of drug-likeness (QED) is 0.601. The van der Waals surface area contributed by atoms with Crippen LogP contribution in [0, 0.1) is 0 Å². The van der Waals surface area contributed by atoms with Gasteiger partial charge in [-0.25, -0.2) is 0 Å². The van der Waals surface area contributed by atoms with Crippen molar-refractivity contribution in [3.8, 4) is 23.1 Å². The van der Waals surface area contributed by atoms with Crippen molar-refractivity contribution in [3.63, 3.8) is 0 Å². The number of aromatic nitrogens is 3. The van der Waals surface area contributed by atoms with Crippen LogP contribution < -0.4 is 19.1 Å². The molecule has 4 rings (SSSR count). The fraction of sp³-hybridized carbons (Fsp3) is 0.318. The van der Waals surface area contributed by atoms with E-state index >= 15 is 0 Å². The molecule has 0 unspecified atom stereocenters. The maximum absolute atomic E-state index is 13.1. The van der Waals surface area contributed by atoms with E-state index in [9.17, 15) is 4.79 Å². The van der Waals surface area contributed by atoms with E-state index < -0.39 is 0 Å². The van der Waals surface area contributed by atoms with E-state index in [1.165, 1.54) is 21.3 Å². The van der Waals surface area contributed by atoms with Crippen molar-refractivity contribution in [3.05, 3.63) is 54.4 Å². The van der Waals surface area contributed by atoms with Crippen LogP contribution in [0.5, 0.6) is 17.2 Å². The minimum Gasteiger partial charge on any atom is -0.493 e. The summed E-state index contributed by atoms with van der Waals surface area (Å²) in [6.45, 7) is 2.51. The number of amides is 1. The van der Waals surface area contributed by atoms with Crippen LogP contribution in [0.15, 0.2) is 48.8 Å². The van der Waals surface area contributed by atoms with E-state index in [1.807, 2.05) is 46.1 Å². The van der Waals surface area contributed by atoms with E-state index in [0.29, 0.717) is 49.0 Å². The Balaban J connectivity index is 1.43. The minimum atomic E-state index is -0.0760. The molecule has 1 fully saturated rings. The minimum absolute atomic E-state index is 0.0760. The molecule has 9 heteroatoms. The van der Waals surface area contributed by atoms with Gasteiger partial charge in [-0.3, -0.25) is 4.79 Å². The highest BCUT2D eigenvalue weighted by Crippen LogP contribution is 2.38. The van der Waals surface area contributed by atoms with Gasteiger partial charge in [0.05, 0.1) is 21.3 Å². The average Bonchev–Trinajstić information content (AvgIpc) is 3.38. The topological polar surface area (TPSA) is 82.0 Å². The number of benzene rings is 1. The number of hydrogen-bond acceptors (Lipinski definition) is 7. The van der Waals surface area contributed by atoms with Crippen molar-refractivity contribution >= 4 is 11.7 Å². The molecule has 0 radical (unpaired) electrons. The highest BCUT2D eigenvalue weighted by atomic mass is 16.5. The zero-order valence-electron chi connectivity index (χ0n) is 17.8. The molecule has 162 valence electrons. The van der Waals surface area contributed by atoms with Crippen molar-refractivity contribution in [1.29, 1.82) is 0 Å². The first-order valence-corrected chi connectivity index (χ1v) is 9.96. The summed E-state index contributed by atoms with van der Waals surface area (Å²) in [6.07, 6.45) is 3.86. The summed E-state index contributed by atoms with van der Waals surface area (Å²) < 4.78 is 18.0. The first-order chi connectivity index (χ1) is 15.1. The summed E-state index contributed by atoms with van der Waals surface area (Å²) in [5.74, 6) is 2.88. The van der Waals surface area contributed by atoms with Gasteiger partial charge >= 0.3 is 0 Å². The zero-order valence-corrected chi connectivity index (χ0v) is 17.8. The molecular formula is C22H25N5O4. The predicted molar refractivity (Wildman–Crippen MR) is 116 cm³/mol. The molecule has 2 aromatic heterocycles. The first-order valence-electron chi connectivity index (χ1n) is 9.96. The number of piperazine rings is 1. The lowest BCUT2D eigenvalue weighted by molar-refractivity contribution is 0.0745. The maximum atomic E-state index is 13.1.